The molecule has 6 heteroatoms. The molecular formula is C17H16ClNO3S. The number of hydrogen-bond acceptors (Lipinski definition) is 4. The van der Waals surface area contributed by atoms with Gasteiger partial charge in [0.1, 0.15) is 0 Å². The molecule has 4 nitrogen and oxygen atoms in total. The first-order valence-corrected chi connectivity index (χ1v) is 8.59. The van der Waals surface area contributed by atoms with Gasteiger partial charge in [0.25, 0.3) is 5.91 Å². The van der Waals surface area contributed by atoms with Crippen LogP contribution in [0.3, 0.4) is 0 Å². The average molecular weight is 350 g/mol. The number of para-hydroxylation sites is 1. The summed E-state index contributed by atoms with van der Waals surface area (Å²) < 4.78 is 0.506. The van der Waals surface area contributed by atoms with Gasteiger partial charge in [0.15, 0.2) is 11.4 Å². The normalized spacial score (nSPS) is 20.0. The summed E-state index contributed by atoms with van der Waals surface area (Å²) in [6.45, 7) is 2.48. The highest BCUT2D eigenvalue weighted by Gasteiger charge is 2.50. The van der Waals surface area contributed by atoms with Crippen molar-refractivity contribution in [3.63, 3.8) is 0 Å². The second-order valence-corrected chi connectivity index (χ2v) is 7.25. The van der Waals surface area contributed by atoms with Crippen LogP contribution in [0.4, 0.5) is 5.69 Å². The molecule has 0 unspecified atom stereocenters. The summed E-state index contributed by atoms with van der Waals surface area (Å²) in [6, 6.07) is 10.3. The molecule has 0 fully saturated rings. The van der Waals surface area contributed by atoms with Crippen molar-refractivity contribution in [3.05, 3.63) is 51.2 Å². The first kappa shape index (κ1) is 16.2. The minimum absolute atomic E-state index is 0.278. The number of hydrogen-bond donors (Lipinski definition) is 1. The summed E-state index contributed by atoms with van der Waals surface area (Å²) in [6.07, 6.45) is 0.491. The Morgan fingerprint density at radius 2 is 2.04 bits per heavy atom. The van der Waals surface area contributed by atoms with Gasteiger partial charge >= 0.3 is 0 Å². The van der Waals surface area contributed by atoms with E-state index in [9.17, 15) is 14.7 Å². The molecule has 1 aliphatic heterocycles. The Labute approximate surface area is 143 Å². The topological polar surface area (TPSA) is 57.6 Å². The molecule has 0 radical (unpaired) electrons. The largest absolute Gasteiger partial charge is 0.375 e. The number of anilines is 1. The van der Waals surface area contributed by atoms with E-state index in [2.05, 4.69) is 0 Å². The number of benzene rings is 1. The number of aliphatic hydroxyl groups is 1. The number of fused-ring (bicyclic) bond motifs is 1. The van der Waals surface area contributed by atoms with E-state index in [1.54, 1.807) is 35.2 Å². The van der Waals surface area contributed by atoms with Crippen LogP contribution in [-0.4, -0.2) is 23.3 Å². The van der Waals surface area contributed by atoms with Gasteiger partial charge in [-0.2, -0.15) is 0 Å². The molecule has 1 aliphatic rings. The Kier molecular flexibility index (Phi) is 4.27. The van der Waals surface area contributed by atoms with E-state index in [-0.39, 0.29) is 12.2 Å². The van der Waals surface area contributed by atoms with Gasteiger partial charge in [-0.25, -0.2) is 0 Å². The summed E-state index contributed by atoms with van der Waals surface area (Å²) in [5, 5.41) is 11.0. The average Bonchev–Trinajstić information content (AvgIpc) is 3.05. The number of rotatable bonds is 5. The van der Waals surface area contributed by atoms with Crippen molar-refractivity contribution in [1.29, 1.82) is 0 Å². The van der Waals surface area contributed by atoms with Gasteiger partial charge in [0.05, 0.1) is 21.3 Å². The summed E-state index contributed by atoms with van der Waals surface area (Å²) in [5.74, 6) is -0.720. The molecule has 0 saturated carbocycles. The molecule has 0 saturated heterocycles. The highest BCUT2D eigenvalue weighted by Crippen LogP contribution is 2.43. The summed E-state index contributed by atoms with van der Waals surface area (Å²) >= 11 is 7.01. The molecule has 3 rings (SSSR count). The molecule has 1 atom stereocenters. The smallest absolute Gasteiger partial charge is 0.264 e. The van der Waals surface area contributed by atoms with Crippen molar-refractivity contribution in [2.75, 3.05) is 11.4 Å². The molecule has 2 heterocycles. The predicted octanol–water partition coefficient (Wildman–Crippen LogP) is 3.62. The fourth-order valence-corrected chi connectivity index (χ4v) is 3.89. The minimum atomic E-state index is -1.81. The molecule has 23 heavy (non-hydrogen) atoms. The van der Waals surface area contributed by atoms with Crippen molar-refractivity contribution in [3.8, 4) is 0 Å². The summed E-state index contributed by atoms with van der Waals surface area (Å²) in [7, 11) is 0. The lowest BCUT2D eigenvalue weighted by atomic mass is 9.89. The van der Waals surface area contributed by atoms with Crippen molar-refractivity contribution < 1.29 is 14.7 Å². The first-order chi connectivity index (χ1) is 11.0. The van der Waals surface area contributed by atoms with Gasteiger partial charge in [-0.15, -0.1) is 11.3 Å². The standard InChI is InChI=1S/C17H16ClNO3S/c1-2-9-19-12-6-4-3-5-11(12)17(22,16(19)21)10-13(20)14-7-8-15(18)23-14/h3-8,22H,2,9-10H2,1H3/t17-/m1/s1. The van der Waals surface area contributed by atoms with E-state index < -0.39 is 11.5 Å². The van der Waals surface area contributed by atoms with E-state index in [4.69, 9.17) is 11.6 Å². The van der Waals surface area contributed by atoms with Gasteiger partial charge in [-0.1, -0.05) is 36.7 Å². The van der Waals surface area contributed by atoms with Crippen LogP contribution < -0.4 is 4.90 Å². The lowest BCUT2D eigenvalue weighted by Gasteiger charge is -2.22. The fraction of sp³-hybridized carbons (Fsp3) is 0.294. The quantitative estimate of drug-likeness (QED) is 0.839. The molecule has 1 amide bonds. The van der Waals surface area contributed by atoms with Crippen LogP contribution in [0.15, 0.2) is 36.4 Å². The Morgan fingerprint density at radius 1 is 1.30 bits per heavy atom. The van der Waals surface area contributed by atoms with E-state index in [0.29, 0.717) is 27.0 Å². The van der Waals surface area contributed by atoms with Gasteiger partial charge < -0.3 is 10.0 Å². The van der Waals surface area contributed by atoms with Gasteiger partial charge in [-0.3, -0.25) is 9.59 Å². The molecule has 120 valence electrons. The zero-order valence-electron chi connectivity index (χ0n) is 12.6. The van der Waals surface area contributed by atoms with Crippen molar-refractivity contribution >= 4 is 40.3 Å². The molecule has 1 aromatic carbocycles. The maximum atomic E-state index is 12.7. The number of amides is 1. The highest BCUT2D eigenvalue weighted by molar-refractivity contribution is 7.18. The summed E-state index contributed by atoms with van der Waals surface area (Å²) in [5.41, 5.74) is -0.632. The van der Waals surface area contributed by atoms with E-state index in [1.807, 2.05) is 13.0 Å². The molecule has 1 N–H and O–H groups in total. The SMILES string of the molecule is CCCN1C(=O)[C@@](O)(CC(=O)c2ccc(Cl)s2)c2ccccc21. The third-order valence-corrected chi connectivity index (χ3v) is 5.22. The highest BCUT2D eigenvalue weighted by atomic mass is 35.5. The molecular weight excluding hydrogens is 334 g/mol. The van der Waals surface area contributed by atoms with Crippen LogP contribution in [0.25, 0.3) is 0 Å². The predicted molar refractivity (Wildman–Crippen MR) is 91.3 cm³/mol. The van der Waals surface area contributed by atoms with Crippen molar-refractivity contribution in [2.24, 2.45) is 0 Å². The molecule has 0 spiro atoms. The maximum absolute atomic E-state index is 12.7. The number of ketones is 1. The number of carbonyl (C=O) groups excluding carboxylic acids is 2. The second kappa shape index (κ2) is 6.07. The van der Waals surface area contributed by atoms with Gasteiger partial charge in [-0.05, 0) is 24.6 Å². The number of thiophene rings is 1. The van der Waals surface area contributed by atoms with Crippen LogP contribution in [-0.2, 0) is 10.4 Å². The van der Waals surface area contributed by atoms with Crippen LogP contribution in [0.1, 0.15) is 35.0 Å². The van der Waals surface area contributed by atoms with E-state index in [0.717, 1.165) is 17.8 Å². The monoisotopic (exact) mass is 349 g/mol. The van der Waals surface area contributed by atoms with Crippen molar-refractivity contribution in [2.45, 2.75) is 25.4 Å². The Hall–Kier alpha value is -1.69. The van der Waals surface area contributed by atoms with Crippen LogP contribution in [0, 0.1) is 0 Å². The van der Waals surface area contributed by atoms with Gasteiger partial charge in [0, 0.05) is 12.1 Å². The maximum Gasteiger partial charge on any atom is 0.264 e. The number of carbonyl (C=O) groups is 2. The third kappa shape index (κ3) is 2.69. The summed E-state index contributed by atoms with van der Waals surface area (Å²) in [4.78, 5) is 27.2. The lowest BCUT2D eigenvalue weighted by molar-refractivity contribution is -0.135. The van der Waals surface area contributed by atoms with Crippen LogP contribution in [0.2, 0.25) is 4.34 Å². The second-order valence-electron chi connectivity index (χ2n) is 5.54. The molecule has 0 aliphatic carbocycles. The van der Waals surface area contributed by atoms with E-state index in [1.165, 1.54) is 0 Å². The van der Waals surface area contributed by atoms with Crippen molar-refractivity contribution in [1.82, 2.24) is 0 Å². The molecule has 1 aromatic heterocycles. The van der Waals surface area contributed by atoms with Crippen LogP contribution >= 0.6 is 22.9 Å². The van der Waals surface area contributed by atoms with E-state index >= 15 is 0 Å². The number of nitrogens with zero attached hydrogens (tertiary/aromatic N) is 1. The van der Waals surface area contributed by atoms with Gasteiger partial charge in [0.2, 0.25) is 0 Å². The Morgan fingerprint density at radius 3 is 2.70 bits per heavy atom. The van der Waals surface area contributed by atoms with Crippen LogP contribution in [0.5, 0.6) is 0 Å². The molecule has 2 aromatic rings. The zero-order valence-corrected chi connectivity index (χ0v) is 14.2. The Bertz CT molecular complexity index is 773. The number of halogens is 1. The molecule has 0 bridgehead atoms. The minimum Gasteiger partial charge on any atom is -0.375 e. The lowest BCUT2D eigenvalue weighted by Crippen LogP contribution is -2.42. The fourth-order valence-electron chi connectivity index (χ4n) is 2.91. The first-order valence-electron chi connectivity index (χ1n) is 7.39. The third-order valence-electron chi connectivity index (χ3n) is 3.95. The Balaban J connectivity index is 1.97. The number of Topliss-reactive ketones (excluding diaryl/α,β-unsaturated/α-hetero) is 1. The zero-order chi connectivity index (χ0) is 16.6.